The number of hydrogen-bond acceptors (Lipinski definition) is 3. The van der Waals surface area contributed by atoms with Crippen LogP contribution < -0.4 is 4.74 Å². The zero-order valence-corrected chi connectivity index (χ0v) is 12.8. The van der Waals surface area contributed by atoms with Crippen LogP contribution in [0.25, 0.3) is 11.1 Å². The summed E-state index contributed by atoms with van der Waals surface area (Å²) in [6.07, 6.45) is 1.14. The first-order valence-electron chi connectivity index (χ1n) is 6.06. The molecule has 2 aromatic carbocycles. The Morgan fingerprint density at radius 3 is 2.40 bits per heavy atom. The predicted molar refractivity (Wildman–Crippen MR) is 80.0 cm³/mol. The molecule has 0 atom stereocenters. The molecule has 0 aromatic heterocycles. The van der Waals surface area contributed by atoms with Crippen molar-refractivity contribution >= 4 is 21.4 Å². The summed E-state index contributed by atoms with van der Waals surface area (Å²) < 4.78 is 28.6. The van der Waals surface area contributed by atoms with Gasteiger partial charge in [-0.1, -0.05) is 23.7 Å². The zero-order chi connectivity index (χ0) is 14.8. The molecule has 1 radical (unpaired) electrons. The van der Waals surface area contributed by atoms with Crippen molar-refractivity contribution in [3.05, 3.63) is 47.5 Å². The second kappa shape index (κ2) is 5.85. The van der Waals surface area contributed by atoms with E-state index in [1.54, 1.807) is 6.07 Å². The van der Waals surface area contributed by atoms with Gasteiger partial charge in [-0.2, -0.15) is 0 Å². The molecule has 2 rings (SSSR count). The van der Waals surface area contributed by atoms with Crippen LogP contribution >= 0.6 is 11.6 Å². The molecule has 0 spiro atoms. The van der Waals surface area contributed by atoms with E-state index in [0.29, 0.717) is 17.2 Å². The van der Waals surface area contributed by atoms with E-state index in [1.807, 2.05) is 31.2 Å². The molecule has 5 heteroatoms. The molecule has 0 saturated heterocycles. The standard InChI is InChI=1S/C15H14ClO3S/c1-3-19-14-6-4-11(5-7-14)12-8-13(16)10-15(9-12)20(2,17)18/h4-8,10H,3H2,1-2H3. The number of rotatable bonds is 4. The van der Waals surface area contributed by atoms with Crippen molar-refractivity contribution in [1.29, 1.82) is 0 Å². The summed E-state index contributed by atoms with van der Waals surface area (Å²) in [7, 11) is -3.34. The van der Waals surface area contributed by atoms with Gasteiger partial charge in [-0.25, -0.2) is 8.42 Å². The topological polar surface area (TPSA) is 43.4 Å². The fraction of sp³-hybridized carbons (Fsp3) is 0.200. The van der Waals surface area contributed by atoms with E-state index >= 15 is 0 Å². The van der Waals surface area contributed by atoms with Crippen LogP contribution in [0.1, 0.15) is 6.92 Å². The van der Waals surface area contributed by atoms with Crippen molar-refractivity contribution in [2.24, 2.45) is 0 Å². The highest BCUT2D eigenvalue weighted by molar-refractivity contribution is 7.90. The predicted octanol–water partition coefficient (Wildman–Crippen LogP) is 3.61. The maximum absolute atomic E-state index is 11.6. The Kier molecular flexibility index (Phi) is 4.35. The second-order valence-corrected chi connectivity index (χ2v) is 6.73. The number of sulfone groups is 1. The highest BCUT2D eigenvalue weighted by Gasteiger charge is 2.11. The molecule has 3 nitrogen and oxygen atoms in total. The molecular weight excluding hydrogens is 296 g/mol. The molecular formula is C15H14ClO3S. The van der Waals surface area contributed by atoms with E-state index < -0.39 is 9.84 Å². The van der Waals surface area contributed by atoms with Gasteiger partial charge in [0.25, 0.3) is 0 Å². The molecule has 2 aromatic rings. The Morgan fingerprint density at radius 1 is 1.20 bits per heavy atom. The molecule has 0 aliphatic heterocycles. The minimum absolute atomic E-state index is 0.0916. The lowest BCUT2D eigenvalue weighted by Crippen LogP contribution is -1.98. The molecule has 0 fully saturated rings. The van der Waals surface area contributed by atoms with Crippen molar-refractivity contribution in [2.45, 2.75) is 11.8 Å². The van der Waals surface area contributed by atoms with Crippen molar-refractivity contribution in [3.63, 3.8) is 0 Å². The van der Waals surface area contributed by atoms with Gasteiger partial charge >= 0.3 is 0 Å². The first-order chi connectivity index (χ1) is 9.40. The summed E-state index contributed by atoms with van der Waals surface area (Å²) in [6, 6.07) is 13.3. The van der Waals surface area contributed by atoms with Crippen molar-refractivity contribution in [3.8, 4) is 16.9 Å². The maximum Gasteiger partial charge on any atom is 0.176 e. The maximum atomic E-state index is 11.6. The number of hydrogen-bond donors (Lipinski definition) is 0. The third-order valence-electron chi connectivity index (χ3n) is 2.68. The van der Waals surface area contributed by atoms with Crippen molar-refractivity contribution < 1.29 is 13.2 Å². The third-order valence-corrected chi connectivity index (χ3v) is 3.92. The summed E-state index contributed by atoms with van der Waals surface area (Å²) >= 11 is 5.98. The van der Waals surface area contributed by atoms with Crippen molar-refractivity contribution in [2.75, 3.05) is 12.9 Å². The fourth-order valence-electron chi connectivity index (χ4n) is 1.76. The molecule has 0 aliphatic rings. The second-order valence-electron chi connectivity index (χ2n) is 4.31. The highest BCUT2D eigenvalue weighted by atomic mass is 35.5. The van der Waals surface area contributed by atoms with Gasteiger partial charge in [0.2, 0.25) is 0 Å². The fourth-order valence-corrected chi connectivity index (χ4v) is 2.68. The van der Waals surface area contributed by atoms with E-state index in [-0.39, 0.29) is 4.90 Å². The monoisotopic (exact) mass is 309 g/mol. The molecule has 0 N–H and O–H groups in total. The van der Waals surface area contributed by atoms with Crippen LogP contribution in [0.5, 0.6) is 5.75 Å². The van der Waals surface area contributed by atoms with Gasteiger partial charge in [0.05, 0.1) is 11.5 Å². The quantitative estimate of drug-likeness (QED) is 0.866. The average molecular weight is 310 g/mol. The Balaban J connectivity index is 2.44. The summed E-state index contributed by atoms with van der Waals surface area (Å²) in [5.74, 6) is 0.765. The Labute approximate surface area is 124 Å². The average Bonchev–Trinajstić information content (AvgIpc) is 2.38. The largest absolute Gasteiger partial charge is 0.494 e. The normalized spacial score (nSPS) is 11.3. The lowest BCUT2D eigenvalue weighted by molar-refractivity contribution is 0.340. The Bertz CT molecular complexity index is 706. The SMILES string of the molecule is CCOc1ccc(-c2[c]c(S(C)(=O)=O)cc(Cl)c2)cc1. The van der Waals surface area contributed by atoms with Crippen LogP contribution in [0.3, 0.4) is 0 Å². The van der Waals surface area contributed by atoms with Gasteiger partial charge in [-0.05, 0) is 42.3 Å². The summed E-state index contributed by atoms with van der Waals surface area (Å²) in [4.78, 5) is 0.0916. The van der Waals surface area contributed by atoms with Crippen LogP contribution in [0.4, 0.5) is 0 Å². The van der Waals surface area contributed by atoms with Gasteiger partial charge in [-0.15, -0.1) is 0 Å². The molecule has 0 aliphatic carbocycles. The van der Waals surface area contributed by atoms with Crippen LogP contribution in [0, 0.1) is 6.07 Å². The number of ether oxygens (including phenoxy) is 1. The summed E-state index contributed by atoms with van der Waals surface area (Å²) in [6.45, 7) is 2.51. The molecule has 105 valence electrons. The molecule has 0 amide bonds. The Hall–Kier alpha value is -1.52. The minimum Gasteiger partial charge on any atom is -0.494 e. The first kappa shape index (κ1) is 14.9. The minimum atomic E-state index is -3.34. The van der Waals surface area contributed by atoms with Crippen LogP contribution in [0.2, 0.25) is 5.02 Å². The van der Waals surface area contributed by atoms with Crippen LogP contribution in [0.15, 0.2) is 41.3 Å². The van der Waals surface area contributed by atoms with Gasteiger partial charge in [0.1, 0.15) is 5.75 Å². The smallest absolute Gasteiger partial charge is 0.176 e. The first-order valence-corrected chi connectivity index (χ1v) is 8.33. The van der Waals surface area contributed by atoms with E-state index in [4.69, 9.17) is 16.3 Å². The van der Waals surface area contributed by atoms with Crippen molar-refractivity contribution in [1.82, 2.24) is 0 Å². The van der Waals surface area contributed by atoms with E-state index in [0.717, 1.165) is 17.6 Å². The lowest BCUT2D eigenvalue weighted by Gasteiger charge is -2.07. The molecule has 0 heterocycles. The number of halogens is 1. The summed E-state index contributed by atoms with van der Waals surface area (Å²) in [5.41, 5.74) is 1.47. The van der Waals surface area contributed by atoms with Gasteiger partial charge in [0, 0.05) is 17.3 Å². The van der Waals surface area contributed by atoms with Gasteiger partial charge in [-0.3, -0.25) is 0 Å². The molecule has 0 bridgehead atoms. The molecule has 0 saturated carbocycles. The van der Waals surface area contributed by atoms with Gasteiger partial charge in [0.15, 0.2) is 9.84 Å². The van der Waals surface area contributed by atoms with Gasteiger partial charge < -0.3 is 4.74 Å². The van der Waals surface area contributed by atoms with E-state index in [2.05, 4.69) is 6.07 Å². The van der Waals surface area contributed by atoms with Crippen LogP contribution in [-0.4, -0.2) is 21.3 Å². The zero-order valence-electron chi connectivity index (χ0n) is 11.2. The van der Waals surface area contributed by atoms with Crippen LogP contribution in [-0.2, 0) is 9.84 Å². The summed E-state index contributed by atoms with van der Waals surface area (Å²) in [5, 5.41) is 0.369. The van der Waals surface area contributed by atoms with E-state index in [9.17, 15) is 8.42 Å². The Morgan fingerprint density at radius 2 is 1.85 bits per heavy atom. The number of benzene rings is 2. The van der Waals surface area contributed by atoms with E-state index in [1.165, 1.54) is 6.07 Å². The molecule has 20 heavy (non-hydrogen) atoms. The lowest BCUT2D eigenvalue weighted by atomic mass is 10.1. The highest BCUT2D eigenvalue weighted by Crippen LogP contribution is 2.27. The third kappa shape index (κ3) is 3.52. The molecule has 0 unspecified atom stereocenters.